The lowest BCUT2D eigenvalue weighted by Gasteiger charge is -2.35. The van der Waals surface area contributed by atoms with Crippen molar-refractivity contribution in [2.75, 3.05) is 18.5 Å². The maximum Gasteiger partial charge on any atom is 0.341 e. The Morgan fingerprint density at radius 3 is 2.69 bits per heavy atom. The lowest BCUT2D eigenvalue weighted by Crippen LogP contribution is -2.37. The molecule has 0 spiro atoms. The molecule has 1 saturated carbocycles. The molecule has 6 nitrogen and oxygen atoms in total. The van der Waals surface area contributed by atoms with Crippen LogP contribution in [0, 0.1) is 11.3 Å². The lowest BCUT2D eigenvalue weighted by molar-refractivity contribution is -0.114. The summed E-state index contributed by atoms with van der Waals surface area (Å²) in [6, 6.07) is 0. The molecule has 2 aliphatic carbocycles. The Kier molecular flexibility index (Phi) is 5.48. The highest BCUT2D eigenvalue weighted by molar-refractivity contribution is 7.19. The Bertz CT molecular complexity index is 737. The second-order valence-corrected chi connectivity index (χ2v) is 8.27. The van der Waals surface area contributed by atoms with Crippen LogP contribution in [0.1, 0.15) is 71.5 Å². The lowest BCUT2D eigenvalue weighted by atomic mass is 9.67. The summed E-state index contributed by atoms with van der Waals surface area (Å²) in [5.41, 5.74) is 0.457. The quantitative estimate of drug-likeness (QED) is 0.710. The molecule has 142 valence electrons. The van der Waals surface area contributed by atoms with Crippen molar-refractivity contribution in [3.05, 3.63) is 16.0 Å². The first kappa shape index (κ1) is 19.0. The number of hydrogen-bond donors (Lipinski definition) is 2. The molecule has 1 aromatic rings. The molecular weight excluding hydrogens is 354 g/mol. The molecular formula is C19H25NO5S. The number of hydrogen-bond acceptors (Lipinski definition) is 6. The molecule has 0 saturated heterocycles. The average molecular weight is 379 g/mol. The van der Waals surface area contributed by atoms with Gasteiger partial charge in [-0.1, -0.05) is 12.8 Å². The Balaban J connectivity index is 2.02. The summed E-state index contributed by atoms with van der Waals surface area (Å²) in [4.78, 5) is 37.9. The Morgan fingerprint density at radius 2 is 2.12 bits per heavy atom. The number of ketones is 1. The van der Waals surface area contributed by atoms with Crippen LogP contribution in [-0.4, -0.2) is 36.0 Å². The van der Waals surface area contributed by atoms with Crippen LogP contribution in [0.5, 0.6) is 0 Å². The molecule has 0 aromatic carbocycles. The van der Waals surface area contributed by atoms with Crippen molar-refractivity contribution >= 4 is 34.0 Å². The predicted octanol–water partition coefficient (Wildman–Crippen LogP) is 3.18. The number of fused-ring (bicyclic) bond motifs is 1. The minimum absolute atomic E-state index is 0.00634. The van der Waals surface area contributed by atoms with Crippen LogP contribution in [0.25, 0.3) is 0 Å². The van der Waals surface area contributed by atoms with Crippen LogP contribution >= 0.6 is 11.3 Å². The zero-order valence-corrected chi connectivity index (χ0v) is 16.0. The number of aliphatic hydroxyl groups excluding tert-OH is 1. The van der Waals surface area contributed by atoms with Crippen LogP contribution in [0.4, 0.5) is 5.00 Å². The molecule has 1 aromatic heterocycles. The number of ether oxygens (including phenoxy) is 1. The van der Waals surface area contributed by atoms with Gasteiger partial charge < -0.3 is 15.2 Å². The van der Waals surface area contributed by atoms with Crippen molar-refractivity contribution in [2.24, 2.45) is 11.3 Å². The minimum atomic E-state index is -0.548. The molecule has 3 rings (SSSR count). The third-order valence-electron chi connectivity index (χ3n) is 5.28. The summed E-state index contributed by atoms with van der Waals surface area (Å²) in [5.74, 6) is -0.224. The number of rotatable bonds is 7. The molecule has 26 heavy (non-hydrogen) atoms. The molecule has 2 N–H and O–H groups in total. The highest BCUT2D eigenvalue weighted by Gasteiger charge is 2.47. The molecule has 1 unspecified atom stereocenters. The normalized spacial score (nSPS) is 22.0. The van der Waals surface area contributed by atoms with Crippen LogP contribution in [0.2, 0.25) is 0 Å². The molecule has 1 heterocycles. The Labute approximate surface area is 156 Å². The largest absolute Gasteiger partial charge is 0.462 e. The molecule has 7 heteroatoms. The highest BCUT2D eigenvalue weighted by atomic mass is 32.1. The van der Waals surface area contributed by atoms with Gasteiger partial charge in [-0.25, -0.2) is 4.79 Å². The van der Waals surface area contributed by atoms with Crippen molar-refractivity contribution in [1.82, 2.24) is 0 Å². The van der Waals surface area contributed by atoms with Crippen molar-refractivity contribution in [3.63, 3.8) is 0 Å². The minimum Gasteiger partial charge on any atom is -0.462 e. The standard InChI is InChI=1S/C19H25NO5S/c1-3-25-18(24)14-13-6-7-19(8-9-21,10-12-4-5-12)16(23)15(13)26-17(14)20-11(2)22/h12,21H,3-10H2,1-2H3,(H,20,22). The summed E-state index contributed by atoms with van der Waals surface area (Å²) < 4.78 is 5.15. The number of amides is 1. The van der Waals surface area contributed by atoms with Gasteiger partial charge in [-0.05, 0) is 44.1 Å². The van der Waals surface area contributed by atoms with E-state index >= 15 is 0 Å². The highest BCUT2D eigenvalue weighted by Crippen LogP contribution is 2.51. The van der Waals surface area contributed by atoms with Crippen LogP contribution in [0.15, 0.2) is 0 Å². The van der Waals surface area contributed by atoms with E-state index in [4.69, 9.17) is 4.74 Å². The molecule has 1 amide bonds. The maximum atomic E-state index is 13.4. The van der Waals surface area contributed by atoms with Gasteiger partial charge in [0.25, 0.3) is 0 Å². The van der Waals surface area contributed by atoms with Gasteiger partial charge in [0, 0.05) is 18.9 Å². The monoisotopic (exact) mass is 379 g/mol. The number of carbonyl (C=O) groups is 3. The summed E-state index contributed by atoms with van der Waals surface area (Å²) in [7, 11) is 0. The number of anilines is 1. The second kappa shape index (κ2) is 7.48. The Hall–Kier alpha value is -1.73. The number of Topliss-reactive ketones (excluding diaryl/α,β-unsaturated/α-hetero) is 1. The third-order valence-corrected chi connectivity index (χ3v) is 6.43. The van der Waals surface area contributed by atoms with Crippen LogP contribution < -0.4 is 5.32 Å². The summed E-state index contributed by atoms with van der Waals surface area (Å²) in [6.45, 7) is 3.30. The molecule has 0 aliphatic heterocycles. The van der Waals surface area contributed by atoms with E-state index in [1.165, 1.54) is 6.92 Å². The van der Waals surface area contributed by atoms with Crippen molar-refractivity contribution in [2.45, 2.75) is 52.4 Å². The van der Waals surface area contributed by atoms with Crippen LogP contribution in [-0.2, 0) is 16.0 Å². The molecule has 0 bridgehead atoms. The summed E-state index contributed by atoms with van der Waals surface area (Å²) in [5, 5.41) is 12.6. The number of thiophene rings is 1. The van der Waals surface area contributed by atoms with E-state index in [9.17, 15) is 19.5 Å². The fourth-order valence-electron chi connectivity index (χ4n) is 3.90. The van der Waals surface area contributed by atoms with Crippen LogP contribution in [0.3, 0.4) is 0 Å². The number of carbonyl (C=O) groups excluding carboxylic acids is 3. The van der Waals surface area contributed by atoms with E-state index in [1.807, 2.05) is 0 Å². The molecule has 1 atom stereocenters. The van der Waals surface area contributed by atoms with Gasteiger partial charge in [0.05, 0.1) is 17.0 Å². The second-order valence-electron chi connectivity index (χ2n) is 7.25. The van der Waals surface area contributed by atoms with Gasteiger partial charge in [-0.2, -0.15) is 0 Å². The number of nitrogens with one attached hydrogen (secondary N) is 1. The van der Waals surface area contributed by atoms with Crippen molar-refractivity contribution in [1.29, 1.82) is 0 Å². The first-order chi connectivity index (χ1) is 12.4. The van der Waals surface area contributed by atoms with Crippen molar-refractivity contribution in [3.8, 4) is 0 Å². The van der Waals surface area contributed by atoms with Gasteiger partial charge in [0.15, 0.2) is 5.78 Å². The van der Waals surface area contributed by atoms with E-state index in [-0.39, 0.29) is 24.9 Å². The smallest absolute Gasteiger partial charge is 0.341 e. The van der Waals surface area contributed by atoms with Gasteiger partial charge in [0.2, 0.25) is 5.91 Å². The fourth-order valence-corrected chi connectivity index (χ4v) is 5.24. The fraction of sp³-hybridized carbons (Fsp3) is 0.632. The zero-order chi connectivity index (χ0) is 18.9. The first-order valence-corrected chi connectivity index (χ1v) is 9.99. The van der Waals surface area contributed by atoms with Gasteiger partial charge >= 0.3 is 5.97 Å². The Morgan fingerprint density at radius 1 is 1.38 bits per heavy atom. The maximum absolute atomic E-state index is 13.4. The van der Waals surface area contributed by atoms with E-state index in [2.05, 4.69) is 5.32 Å². The van der Waals surface area contributed by atoms with Gasteiger partial charge in [-0.3, -0.25) is 9.59 Å². The van der Waals surface area contributed by atoms with Gasteiger partial charge in [0.1, 0.15) is 5.00 Å². The number of esters is 1. The predicted molar refractivity (Wildman–Crippen MR) is 98.7 cm³/mol. The zero-order valence-electron chi connectivity index (χ0n) is 15.2. The number of aliphatic hydroxyl groups is 1. The van der Waals surface area contributed by atoms with E-state index < -0.39 is 11.4 Å². The van der Waals surface area contributed by atoms with E-state index in [1.54, 1.807) is 6.92 Å². The van der Waals surface area contributed by atoms with Crippen molar-refractivity contribution < 1.29 is 24.2 Å². The van der Waals surface area contributed by atoms with E-state index in [0.717, 1.165) is 30.6 Å². The topological polar surface area (TPSA) is 92.7 Å². The SMILES string of the molecule is CCOC(=O)c1c(NC(C)=O)sc2c1CCC(CCO)(CC1CC1)C2=O. The summed E-state index contributed by atoms with van der Waals surface area (Å²) >= 11 is 1.16. The molecule has 0 radical (unpaired) electrons. The summed E-state index contributed by atoms with van der Waals surface area (Å²) in [6.07, 6.45) is 4.74. The third kappa shape index (κ3) is 3.55. The first-order valence-electron chi connectivity index (χ1n) is 9.18. The van der Waals surface area contributed by atoms with E-state index in [0.29, 0.717) is 46.2 Å². The van der Waals surface area contributed by atoms with Gasteiger partial charge in [-0.15, -0.1) is 11.3 Å². The molecule has 1 fully saturated rings. The average Bonchev–Trinajstić information content (AvgIpc) is 3.30. The molecule has 2 aliphatic rings.